The van der Waals surface area contributed by atoms with Crippen LogP contribution in [0.3, 0.4) is 0 Å². The van der Waals surface area contributed by atoms with E-state index in [1.54, 1.807) is 11.0 Å². The van der Waals surface area contributed by atoms with Gasteiger partial charge in [0.05, 0.1) is 22.7 Å². The maximum absolute atomic E-state index is 13.3. The number of carbonyl (C=O) groups is 2. The van der Waals surface area contributed by atoms with Crippen LogP contribution in [0.25, 0.3) is 5.57 Å². The van der Waals surface area contributed by atoms with Crippen LogP contribution in [-0.2, 0) is 16.1 Å². The number of ether oxygens (including phenoxy) is 2. The summed E-state index contributed by atoms with van der Waals surface area (Å²) in [6.45, 7) is 4.59. The zero-order valence-corrected chi connectivity index (χ0v) is 17.4. The van der Waals surface area contributed by atoms with Crippen LogP contribution in [0.4, 0.5) is 5.69 Å². The van der Waals surface area contributed by atoms with Gasteiger partial charge >= 0.3 is 0 Å². The number of benzene rings is 2. The monoisotopic (exact) mass is 436 g/mol. The van der Waals surface area contributed by atoms with Gasteiger partial charge in [-0.05, 0) is 23.8 Å². The number of rotatable bonds is 4. The summed E-state index contributed by atoms with van der Waals surface area (Å²) in [5, 5.41) is 0. The highest BCUT2D eigenvalue weighted by atomic mass is 32.2. The summed E-state index contributed by atoms with van der Waals surface area (Å²) in [6, 6.07) is 13.0. The van der Waals surface area contributed by atoms with Gasteiger partial charge in [-0.3, -0.25) is 14.5 Å². The van der Waals surface area contributed by atoms with Gasteiger partial charge in [0.2, 0.25) is 6.79 Å². The number of para-hydroxylation sites is 1. The molecule has 3 aliphatic rings. The predicted octanol–water partition coefficient (Wildman–Crippen LogP) is 3.72. The van der Waals surface area contributed by atoms with E-state index in [1.165, 1.54) is 16.7 Å². The first-order valence-corrected chi connectivity index (χ1v) is 10.5. The molecule has 30 heavy (non-hydrogen) atoms. The molecule has 150 valence electrons. The Labute approximate surface area is 182 Å². The zero-order chi connectivity index (χ0) is 20.8. The number of anilines is 1. The fraction of sp³-hybridized carbons (Fsp3) is 0.136. The van der Waals surface area contributed by atoms with Crippen LogP contribution >= 0.6 is 24.0 Å². The molecule has 2 aromatic rings. The lowest BCUT2D eigenvalue weighted by Gasteiger charge is -2.15. The molecule has 0 saturated carbocycles. The Morgan fingerprint density at radius 1 is 1.07 bits per heavy atom. The van der Waals surface area contributed by atoms with Crippen molar-refractivity contribution < 1.29 is 19.1 Å². The third-order valence-corrected chi connectivity index (χ3v) is 6.54. The van der Waals surface area contributed by atoms with Crippen molar-refractivity contribution >= 4 is 51.4 Å². The van der Waals surface area contributed by atoms with Crippen molar-refractivity contribution in [3.8, 4) is 11.5 Å². The average Bonchev–Trinajstić information content (AvgIpc) is 3.40. The first-order valence-electron chi connectivity index (χ1n) is 9.27. The highest BCUT2D eigenvalue weighted by molar-refractivity contribution is 8.26. The SMILES string of the molecule is C=CCN1C(=O)C(=C2SC(=S)N(Cc3ccc4c(c3)OCO4)C2=O)c2ccccc21. The molecule has 0 aromatic heterocycles. The molecule has 6 nitrogen and oxygen atoms in total. The van der Waals surface area contributed by atoms with Crippen LogP contribution in [0.2, 0.25) is 0 Å². The van der Waals surface area contributed by atoms with Gasteiger partial charge in [0.25, 0.3) is 11.8 Å². The molecule has 1 saturated heterocycles. The number of carbonyl (C=O) groups excluding carboxylic acids is 2. The van der Waals surface area contributed by atoms with Gasteiger partial charge < -0.3 is 14.4 Å². The maximum Gasteiger partial charge on any atom is 0.267 e. The van der Waals surface area contributed by atoms with Gasteiger partial charge in [0.1, 0.15) is 4.32 Å². The number of hydrogen-bond donors (Lipinski definition) is 0. The fourth-order valence-corrected chi connectivity index (χ4v) is 5.04. The van der Waals surface area contributed by atoms with Crippen molar-refractivity contribution in [1.82, 2.24) is 4.90 Å². The van der Waals surface area contributed by atoms with E-state index in [0.717, 1.165) is 16.8 Å². The lowest BCUT2D eigenvalue weighted by atomic mass is 10.1. The summed E-state index contributed by atoms with van der Waals surface area (Å²) in [6.07, 6.45) is 1.67. The quantitative estimate of drug-likeness (QED) is 0.414. The van der Waals surface area contributed by atoms with Crippen LogP contribution in [0, 0.1) is 0 Å². The second-order valence-corrected chi connectivity index (χ2v) is 8.52. The molecule has 3 aliphatic heterocycles. The molecule has 8 heteroatoms. The Kier molecular flexibility index (Phi) is 4.60. The van der Waals surface area contributed by atoms with E-state index in [1.807, 2.05) is 42.5 Å². The number of fused-ring (bicyclic) bond motifs is 2. The molecular formula is C22H16N2O4S2. The molecule has 0 unspecified atom stereocenters. The highest BCUT2D eigenvalue weighted by Crippen LogP contribution is 2.45. The molecule has 0 spiro atoms. The van der Waals surface area contributed by atoms with Crippen molar-refractivity contribution in [2.75, 3.05) is 18.2 Å². The molecule has 0 aliphatic carbocycles. The third-order valence-electron chi connectivity index (χ3n) is 5.09. The van der Waals surface area contributed by atoms with Gasteiger partial charge in [-0.15, -0.1) is 6.58 Å². The third kappa shape index (κ3) is 2.91. The molecule has 1 fully saturated rings. The van der Waals surface area contributed by atoms with Crippen molar-refractivity contribution in [2.45, 2.75) is 6.54 Å². The molecule has 3 heterocycles. The molecule has 0 N–H and O–H groups in total. The lowest BCUT2D eigenvalue weighted by Crippen LogP contribution is -2.29. The van der Waals surface area contributed by atoms with Crippen molar-refractivity contribution in [3.63, 3.8) is 0 Å². The zero-order valence-electron chi connectivity index (χ0n) is 15.8. The minimum atomic E-state index is -0.263. The van der Waals surface area contributed by atoms with E-state index in [-0.39, 0.29) is 18.6 Å². The highest BCUT2D eigenvalue weighted by Gasteiger charge is 2.41. The van der Waals surface area contributed by atoms with Crippen LogP contribution in [-0.4, -0.2) is 34.4 Å². The molecule has 2 aromatic carbocycles. The van der Waals surface area contributed by atoms with Gasteiger partial charge in [0.15, 0.2) is 11.5 Å². The molecule has 0 bridgehead atoms. The molecule has 0 radical (unpaired) electrons. The van der Waals surface area contributed by atoms with Gasteiger partial charge in [-0.25, -0.2) is 0 Å². The van der Waals surface area contributed by atoms with Crippen LogP contribution < -0.4 is 14.4 Å². The number of thioether (sulfide) groups is 1. The van der Waals surface area contributed by atoms with E-state index < -0.39 is 0 Å². The summed E-state index contributed by atoms with van der Waals surface area (Å²) in [7, 11) is 0. The Morgan fingerprint density at radius 2 is 1.87 bits per heavy atom. The standard InChI is InChI=1S/C22H16N2O4S2/c1-2-9-23-15-6-4-3-5-14(15)18(20(23)25)19-21(26)24(22(29)30-19)11-13-7-8-16-17(10-13)28-12-27-16/h2-8,10H,1,9,11-12H2. The van der Waals surface area contributed by atoms with E-state index in [9.17, 15) is 9.59 Å². The largest absolute Gasteiger partial charge is 0.454 e. The van der Waals surface area contributed by atoms with E-state index in [0.29, 0.717) is 39.4 Å². The average molecular weight is 437 g/mol. The van der Waals surface area contributed by atoms with Crippen LogP contribution in [0.5, 0.6) is 11.5 Å². The minimum Gasteiger partial charge on any atom is -0.454 e. The minimum absolute atomic E-state index is 0.189. The number of nitrogens with zero attached hydrogens (tertiary/aromatic N) is 2. The number of hydrogen-bond acceptors (Lipinski definition) is 6. The molecule has 5 rings (SSSR count). The normalized spacial score (nSPS) is 19.7. The van der Waals surface area contributed by atoms with Gasteiger partial charge in [-0.1, -0.05) is 54.3 Å². The first kappa shape index (κ1) is 18.9. The van der Waals surface area contributed by atoms with E-state index >= 15 is 0 Å². The lowest BCUT2D eigenvalue weighted by molar-refractivity contribution is -0.122. The summed E-state index contributed by atoms with van der Waals surface area (Å²) >= 11 is 6.65. The Hall–Kier alpha value is -3.10. The topological polar surface area (TPSA) is 59.1 Å². The second kappa shape index (κ2) is 7.30. The van der Waals surface area contributed by atoms with Crippen molar-refractivity contribution in [3.05, 3.63) is 71.2 Å². The molecule has 2 amide bonds. The fourth-order valence-electron chi connectivity index (χ4n) is 3.72. The Balaban J connectivity index is 1.50. The summed E-state index contributed by atoms with van der Waals surface area (Å²) in [5.41, 5.74) is 2.79. The molecule has 0 atom stereocenters. The predicted molar refractivity (Wildman–Crippen MR) is 119 cm³/mol. The second-order valence-electron chi connectivity index (χ2n) is 6.87. The summed E-state index contributed by atoms with van der Waals surface area (Å²) < 4.78 is 11.2. The summed E-state index contributed by atoms with van der Waals surface area (Å²) in [4.78, 5) is 29.9. The van der Waals surface area contributed by atoms with Crippen molar-refractivity contribution in [2.24, 2.45) is 0 Å². The van der Waals surface area contributed by atoms with Crippen LogP contribution in [0.1, 0.15) is 11.1 Å². The van der Waals surface area contributed by atoms with Crippen molar-refractivity contribution in [1.29, 1.82) is 0 Å². The smallest absolute Gasteiger partial charge is 0.267 e. The Morgan fingerprint density at radius 3 is 2.70 bits per heavy atom. The van der Waals surface area contributed by atoms with E-state index in [4.69, 9.17) is 21.7 Å². The van der Waals surface area contributed by atoms with Gasteiger partial charge in [0, 0.05) is 12.1 Å². The van der Waals surface area contributed by atoms with Crippen LogP contribution in [0.15, 0.2) is 60.0 Å². The molecular weight excluding hydrogens is 420 g/mol. The number of thiocarbonyl (C=S) groups is 1. The number of amides is 2. The van der Waals surface area contributed by atoms with E-state index in [2.05, 4.69) is 6.58 Å². The summed E-state index contributed by atoms with van der Waals surface area (Å²) in [5.74, 6) is 0.860. The first-order chi connectivity index (χ1) is 14.6. The maximum atomic E-state index is 13.3. The Bertz CT molecular complexity index is 1160. The van der Waals surface area contributed by atoms with Gasteiger partial charge in [-0.2, -0.15) is 0 Å².